The normalized spacial score (nSPS) is 24.1. The summed E-state index contributed by atoms with van der Waals surface area (Å²) in [5, 5.41) is 12.4. The van der Waals surface area contributed by atoms with Crippen LogP contribution in [0.15, 0.2) is 6.20 Å². The fourth-order valence-electron chi connectivity index (χ4n) is 1.95. The highest BCUT2D eigenvalue weighted by Crippen LogP contribution is 2.22. The van der Waals surface area contributed by atoms with E-state index in [-0.39, 0.29) is 11.9 Å². The van der Waals surface area contributed by atoms with Crippen molar-refractivity contribution in [1.29, 1.82) is 0 Å². The number of carbonyl (C=O) groups excluding carboxylic acids is 1. The molecule has 7 heteroatoms. The third-order valence-electron chi connectivity index (χ3n) is 2.96. The molecule has 0 radical (unpaired) electrons. The quantitative estimate of drug-likeness (QED) is 0.869. The van der Waals surface area contributed by atoms with Crippen LogP contribution in [0.1, 0.15) is 35.7 Å². The van der Waals surface area contributed by atoms with Crippen LogP contribution in [0.25, 0.3) is 0 Å². The molecule has 1 amide bonds. The lowest BCUT2D eigenvalue weighted by molar-refractivity contribution is -0.151. The Balaban J connectivity index is 1.89. The number of aliphatic carboxylic acids is 1. The lowest BCUT2D eigenvalue weighted by Gasteiger charge is -2.15. The van der Waals surface area contributed by atoms with Gasteiger partial charge in [0.1, 0.15) is 11.1 Å². The molecule has 1 unspecified atom stereocenters. The van der Waals surface area contributed by atoms with E-state index in [1.165, 1.54) is 11.3 Å². The molecule has 1 saturated heterocycles. The maximum absolute atomic E-state index is 12.0. The van der Waals surface area contributed by atoms with Crippen molar-refractivity contribution in [2.24, 2.45) is 0 Å². The molecule has 0 spiro atoms. The highest BCUT2D eigenvalue weighted by atomic mass is 32.1. The summed E-state index contributed by atoms with van der Waals surface area (Å²) in [5.74, 6) is -1.29. The van der Waals surface area contributed by atoms with Crippen molar-refractivity contribution in [1.82, 2.24) is 10.3 Å². The van der Waals surface area contributed by atoms with Crippen molar-refractivity contribution in [3.8, 4) is 0 Å². The van der Waals surface area contributed by atoms with Crippen molar-refractivity contribution in [2.75, 3.05) is 0 Å². The predicted octanol–water partition coefficient (Wildman–Crippen LogP) is 1.26. The van der Waals surface area contributed by atoms with Crippen LogP contribution in [-0.2, 0) is 14.3 Å². The zero-order chi connectivity index (χ0) is 14.0. The van der Waals surface area contributed by atoms with Crippen LogP contribution in [0.3, 0.4) is 0 Å². The van der Waals surface area contributed by atoms with Crippen LogP contribution in [-0.4, -0.2) is 34.2 Å². The first kappa shape index (κ1) is 14.0. The fourth-order valence-corrected chi connectivity index (χ4v) is 2.73. The summed E-state index contributed by atoms with van der Waals surface area (Å²) < 4.78 is 5.20. The molecule has 0 saturated carbocycles. The number of amides is 1. The predicted molar refractivity (Wildman–Crippen MR) is 68.9 cm³/mol. The summed E-state index contributed by atoms with van der Waals surface area (Å²) in [6.07, 6.45) is 1.03. The van der Waals surface area contributed by atoms with Crippen LogP contribution >= 0.6 is 11.3 Å². The molecule has 0 aromatic carbocycles. The second-order valence-corrected chi connectivity index (χ2v) is 5.83. The van der Waals surface area contributed by atoms with E-state index in [9.17, 15) is 9.59 Å². The van der Waals surface area contributed by atoms with E-state index >= 15 is 0 Å². The largest absolute Gasteiger partial charge is 0.479 e. The van der Waals surface area contributed by atoms with Crippen molar-refractivity contribution in [3.63, 3.8) is 0 Å². The van der Waals surface area contributed by atoms with Crippen molar-refractivity contribution < 1.29 is 19.4 Å². The molecule has 0 bridgehead atoms. The van der Waals surface area contributed by atoms with E-state index in [0.717, 1.165) is 9.88 Å². The molecule has 0 aliphatic carbocycles. The molecule has 3 atom stereocenters. The van der Waals surface area contributed by atoms with Gasteiger partial charge in [0.2, 0.25) is 5.91 Å². The zero-order valence-electron chi connectivity index (χ0n) is 10.8. The number of aryl methyl sites for hydroxylation is 1. The zero-order valence-corrected chi connectivity index (χ0v) is 11.6. The standard InChI is InChI=1S/C12H16N2O4S/c1-6-5-13-11(19-6)7(2)14-10(15)8-3-4-9(18-8)12(16)17/h5,7-9H,3-4H2,1-2H3,(H,14,15)(H,16,17)/t7?,8-,9+/m0/s1. The van der Waals surface area contributed by atoms with E-state index in [2.05, 4.69) is 10.3 Å². The van der Waals surface area contributed by atoms with E-state index in [1.54, 1.807) is 6.20 Å². The van der Waals surface area contributed by atoms with Crippen LogP contribution in [0, 0.1) is 6.92 Å². The van der Waals surface area contributed by atoms with Gasteiger partial charge in [-0.25, -0.2) is 9.78 Å². The number of hydrogen-bond donors (Lipinski definition) is 2. The Morgan fingerprint density at radius 1 is 1.53 bits per heavy atom. The van der Waals surface area contributed by atoms with Gasteiger partial charge in [-0.3, -0.25) is 4.79 Å². The van der Waals surface area contributed by atoms with E-state index < -0.39 is 18.2 Å². The van der Waals surface area contributed by atoms with E-state index in [4.69, 9.17) is 9.84 Å². The first-order valence-corrected chi connectivity index (χ1v) is 6.90. The lowest BCUT2D eigenvalue weighted by atomic mass is 10.2. The summed E-state index contributed by atoms with van der Waals surface area (Å²) in [6, 6.07) is -0.196. The first-order valence-electron chi connectivity index (χ1n) is 6.08. The minimum Gasteiger partial charge on any atom is -0.479 e. The van der Waals surface area contributed by atoms with Crippen molar-refractivity contribution in [3.05, 3.63) is 16.1 Å². The number of nitrogens with zero attached hydrogens (tertiary/aromatic N) is 1. The number of aromatic nitrogens is 1. The molecule has 1 aliphatic heterocycles. The molecule has 6 nitrogen and oxygen atoms in total. The molecule has 1 aromatic rings. The van der Waals surface area contributed by atoms with Gasteiger partial charge in [0, 0.05) is 11.1 Å². The molecule has 2 N–H and O–H groups in total. The van der Waals surface area contributed by atoms with Crippen LogP contribution in [0.2, 0.25) is 0 Å². The third kappa shape index (κ3) is 3.30. The second kappa shape index (κ2) is 5.66. The maximum Gasteiger partial charge on any atom is 0.332 e. The van der Waals surface area contributed by atoms with Crippen molar-refractivity contribution in [2.45, 2.75) is 44.9 Å². The van der Waals surface area contributed by atoms with Gasteiger partial charge in [-0.15, -0.1) is 11.3 Å². The minimum absolute atomic E-state index is 0.196. The number of carboxylic acid groups (broad SMARTS) is 1. The lowest BCUT2D eigenvalue weighted by Crippen LogP contribution is -2.37. The summed E-state index contributed by atoms with van der Waals surface area (Å²) >= 11 is 1.53. The van der Waals surface area contributed by atoms with Crippen LogP contribution < -0.4 is 5.32 Å². The third-order valence-corrected chi connectivity index (χ3v) is 4.05. The Labute approximate surface area is 114 Å². The second-order valence-electron chi connectivity index (χ2n) is 4.57. The summed E-state index contributed by atoms with van der Waals surface area (Å²) in [6.45, 7) is 3.80. The number of nitrogens with one attached hydrogen (secondary N) is 1. The van der Waals surface area contributed by atoms with Crippen LogP contribution in [0.4, 0.5) is 0 Å². The number of rotatable bonds is 4. The Morgan fingerprint density at radius 3 is 2.74 bits per heavy atom. The van der Waals surface area contributed by atoms with Gasteiger partial charge in [-0.05, 0) is 26.7 Å². The molecular formula is C12H16N2O4S. The molecule has 2 heterocycles. The van der Waals surface area contributed by atoms with Gasteiger partial charge in [-0.2, -0.15) is 0 Å². The average molecular weight is 284 g/mol. The maximum atomic E-state index is 12.0. The summed E-state index contributed by atoms with van der Waals surface area (Å²) in [7, 11) is 0. The molecule has 104 valence electrons. The Bertz CT molecular complexity index is 488. The highest BCUT2D eigenvalue weighted by Gasteiger charge is 2.35. The number of carboxylic acids is 1. The summed E-state index contributed by atoms with van der Waals surface area (Å²) in [5.41, 5.74) is 0. The monoisotopic (exact) mass is 284 g/mol. The number of thiazole rings is 1. The summed E-state index contributed by atoms with van der Waals surface area (Å²) in [4.78, 5) is 28.0. The first-order chi connectivity index (χ1) is 8.97. The molecule has 1 fully saturated rings. The SMILES string of the molecule is Cc1cnc(C(C)NC(=O)[C@@H]2CC[C@H](C(=O)O)O2)s1. The van der Waals surface area contributed by atoms with Gasteiger partial charge in [-0.1, -0.05) is 0 Å². The average Bonchev–Trinajstić information content (AvgIpc) is 2.96. The van der Waals surface area contributed by atoms with Gasteiger partial charge in [0.25, 0.3) is 0 Å². The topological polar surface area (TPSA) is 88.5 Å². The molecular weight excluding hydrogens is 268 g/mol. The molecule has 1 aromatic heterocycles. The molecule has 1 aliphatic rings. The van der Waals surface area contributed by atoms with Gasteiger partial charge >= 0.3 is 5.97 Å². The molecule has 19 heavy (non-hydrogen) atoms. The Morgan fingerprint density at radius 2 is 2.21 bits per heavy atom. The minimum atomic E-state index is -1.01. The molecule has 2 rings (SSSR count). The number of hydrogen-bond acceptors (Lipinski definition) is 5. The van der Waals surface area contributed by atoms with Gasteiger partial charge in [0.15, 0.2) is 6.10 Å². The number of carbonyl (C=O) groups is 2. The van der Waals surface area contributed by atoms with Gasteiger partial charge in [0.05, 0.1) is 6.04 Å². The van der Waals surface area contributed by atoms with Crippen LogP contribution in [0.5, 0.6) is 0 Å². The number of ether oxygens (including phenoxy) is 1. The van der Waals surface area contributed by atoms with Crippen molar-refractivity contribution >= 4 is 23.2 Å². The highest BCUT2D eigenvalue weighted by molar-refractivity contribution is 7.11. The van der Waals surface area contributed by atoms with E-state index in [0.29, 0.717) is 12.8 Å². The Kier molecular flexibility index (Phi) is 4.16. The van der Waals surface area contributed by atoms with Gasteiger partial charge < -0.3 is 15.2 Å². The smallest absolute Gasteiger partial charge is 0.332 e. The Hall–Kier alpha value is -1.47. The fraction of sp³-hybridized carbons (Fsp3) is 0.583. The van der Waals surface area contributed by atoms with E-state index in [1.807, 2.05) is 13.8 Å².